The van der Waals surface area contributed by atoms with Gasteiger partial charge in [0, 0.05) is 31.4 Å². The summed E-state index contributed by atoms with van der Waals surface area (Å²) < 4.78 is 44.2. The number of anilines is 1. The Balaban J connectivity index is 1.37. The van der Waals surface area contributed by atoms with Crippen molar-refractivity contribution in [1.82, 2.24) is 14.3 Å². The van der Waals surface area contributed by atoms with Gasteiger partial charge in [0.05, 0.1) is 31.4 Å². The zero-order valence-corrected chi connectivity index (χ0v) is 23.9. The van der Waals surface area contributed by atoms with Crippen LogP contribution in [0.3, 0.4) is 0 Å². The van der Waals surface area contributed by atoms with Crippen LogP contribution >= 0.6 is 0 Å². The second kappa shape index (κ2) is 13.7. The van der Waals surface area contributed by atoms with Crippen molar-refractivity contribution in [2.75, 3.05) is 32.6 Å². The van der Waals surface area contributed by atoms with Crippen molar-refractivity contribution in [2.45, 2.75) is 25.6 Å². The van der Waals surface area contributed by atoms with Crippen molar-refractivity contribution < 1.29 is 32.2 Å². The number of carbonyl (C=O) groups excluding carboxylic acids is 2. The third kappa shape index (κ3) is 7.68. The average Bonchev–Trinajstić information content (AvgIpc) is 3.49. The molecule has 3 N–H and O–H groups in total. The molecule has 0 radical (unpaired) electrons. The van der Waals surface area contributed by atoms with E-state index in [1.807, 2.05) is 16.9 Å². The Hall–Kier alpha value is -4.80. The van der Waals surface area contributed by atoms with Crippen LogP contribution in [-0.2, 0) is 28.1 Å². The molecule has 0 aliphatic carbocycles. The number of nitrogens with zero attached hydrogens (tertiary/aromatic N) is 2. The number of methoxy groups -OCH3 is 2. The molecule has 12 nitrogen and oxygen atoms in total. The van der Waals surface area contributed by atoms with Crippen LogP contribution in [0, 0.1) is 11.3 Å². The molecule has 3 aromatic rings. The van der Waals surface area contributed by atoms with Crippen LogP contribution < -0.4 is 24.8 Å². The maximum Gasteiger partial charge on any atom is 0.422 e. The Morgan fingerprint density at radius 1 is 1.00 bits per heavy atom. The normalized spacial score (nSPS) is 14.8. The van der Waals surface area contributed by atoms with E-state index in [0.29, 0.717) is 29.2 Å². The molecule has 1 saturated heterocycles. The Morgan fingerprint density at radius 2 is 1.76 bits per heavy atom. The number of hydrogen-bond donors (Lipinski definition) is 3. The lowest BCUT2D eigenvalue weighted by Crippen LogP contribution is -2.43. The number of nitriles is 1. The zero-order chi connectivity index (χ0) is 30.1. The summed E-state index contributed by atoms with van der Waals surface area (Å²) in [7, 11) is -1.09. The monoisotopic (exact) mass is 593 g/mol. The van der Waals surface area contributed by atoms with Gasteiger partial charge in [0.15, 0.2) is 11.5 Å². The Morgan fingerprint density at radius 3 is 2.48 bits per heavy atom. The van der Waals surface area contributed by atoms with Gasteiger partial charge in [-0.15, -0.1) is 0 Å². The summed E-state index contributed by atoms with van der Waals surface area (Å²) in [5.74, 6) is 0.667. The fraction of sp³-hybridized carbons (Fsp3) is 0.276. The van der Waals surface area contributed by atoms with Crippen LogP contribution in [0.1, 0.15) is 33.5 Å². The largest absolute Gasteiger partial charge is 0.493 e. The standard InChI is InChI=1S/C29H31N5O7S/c1-39-26-11-9-22(15-27(26)40-2)17-31-28(35)24-14-21(16-30)8-10-25(24)32-23-12-13-34(18-23)42(37,38)33-29(36)41-19-20-6-4-3-5-7-20/h3-11,14-15,23,32H,12-13,17-19H2,1-2H3,(H,31,35)(H,33,36). The summed E-state index contributed by atoms with van der Waals surface area (Å²) in [4.78, 5) is 25.3. The van der Waals surface area contributed by atoms with Crippen molar-refractivity contribution in [3.8, 4) is 17.6 Å². The number of rotatable bonds is 11. The summed E-state index contributed by atoms with van der Waals surface area (Å²) in [6, 6.07) is 20.5. The molecule has 0 saturated carbocycles. The first-order valence-corrected chi connectivity index (χ1v) is 14.4. The molecule has 42 heavy (non-hydrogen) atoms. The summed E-state index contributed by atoms with van der Waals surface area (Å²) in [5, 5.41) is 15.5. The smallest absolute Gasteiger partial charge is 0.422 e. The third-order valence-electron chi connectivity index (χ3n) is 6.57. The Kier molecular flexibility index (Phi) is 9.85. The first-order valence-electron chi connectivity index (χ1n) is 13.0. The van der Waals surface area contributed by atoms with Crippen LogP contribution in [0.4, 0.5) is 10.5 Å². The minimum absolute atomic E-state index is 0.0496. The maximum absolute atomic E-state index is 13.2. The van der Waals surface area contributed by atoms with E-state index in [0.717, 1.165) is 15.4 Å². The van der Waals surface area contributed by atoms with E-state index in [9.17, 15) is 23.3 Å². The highest BCUT2D eigenvalue weighted by atomic mass is 32.2. The molecule has 4 rings (SSSR count). The van der Waals surface area contributed by atoms with E-state index in [-0.39, 0.29) is 37.8 Å². The van der Waals surface area contributed by atoms with Gasteiger partial charge in [0.2, 0.25) is 0 Å². The molecule has 3 aromatic carbocycles. The highest BCUT2D eigenvalue weighted by molar-refractivity contribution is 7.87. The Bertz CT molecular complexity index is 1570. The summed E-state index contributed by atoms with van der Waals surface area (Å²) in [6.45, 7) is 0.322. The number of ether oxygens (including phenoxy) is 3. The number of carbonyl (C=O) groups is 2. The van der Waals surface area contributed by atoms with Crippen molar-refractivity contribution in [1.29, 1.82) is 5.26 Å². The summed E-state index contributed by atoms with van der Waals surface area (Å²) >= 11 is 0. The molecule has 1 fully saturated rings. The van der Waals surface area contributed by atoms with Crippen LogP contribution in [0.25, 0.3) is 0 Å². The first-order chi connectivity index (χ1) is 20.2. The van der Waals surface area contributed by atoms with Gasteiger partial charge >= 0.3 is 16.3 Å². The van der Waals surface area contributed by atoms with Gasteiger partial charge < -0.3 is 24.8 Å². The predicted octanol–water partition coefficient (Wildman–Crippen LogP) is 3.16. The van der Waals surface area contributed by atoms with Gasteiger partial charge in [-0.2, -0.15) is 18.0 Å². The molecule has 1 aliphatic rings. The second-order valence-corrected chi connectivity index (χ2v) is 11.1. The molecule has 1 aliphatic heterocycles. The zero-order valence-electron chi connectivity index (χ0n) is 23.1. The molecule has 1 unspecified atom stereocenters. The van der Waals surface area contributed by atoms with Gasteiger partial charge in [-0.3, -0.25) is 4.79 Å². The molecule has 0 spiro atoms. The minimum atomic E-state index is -4.15. The van der Waals surface area contributed by atoms with E-state index in [1.165, 1.54) is 20.3 Å². The highest BCUT2D eigenvalue weighted by Gasteiger charge is 2.33. The summed E-state index contributed by atoms with van der Waals surface area (Å²) in [5.41, 5.74) is 2.47. The van der Waals surface area contributed by atoms with Gasteiger partial charge in [-0.1, -0.05) is 36.4 Å². The molecule has 220 valence electrons. The van der Waals surface area contributed by atoms with Crippen LogP contribution in [0.5, 0.6) is 11.5 Å². The van der Waals surface area contributed by atoms with E-state index < -0.39 is 22.2 Å². The van der Waals surface area contributed by atoms with Gasteiger partial charge in [0.25, 0.3) is 5.91 Å². The predicted molar refractivity (Wildman–Crippen MR) is 154 cm³/mol. The number of amides is 2. The minimum Gasteiger partial charge on any atom is -0.493 e. The SMILES string of the molecule is COc1ccc(CNC(=O)c2cc(C#N)ccc2NC2CCN(S(=O)(=O)NC(=O)OCc3ccccc3)C2)cc1OC. The maximum atomic E-state index is 13.2. The van der Waals surface area contributed by atoms with E-state index in [4.69, 9.17) is 14.2 Å². The molecule has 1 atom stereocenters. The molecular weight excluding hydrogens is 562 g/mol. The van der Waals surface area contributed by atoms with Crippen LogP contribution in [0.2, 0.25) is 0 Å². The molecule has 0 aromatic heterocycles. The quantitative estimate of drug-likeness (QED) is 0.304. The van der Waals surface area contributed by atoms with Gasteiger partial charge in [-0.05, 0) is 47.9 Å². The number of benzene rings is 3. The molecule has 2 amide bonds. The molecule has 13 heteroatoms. The van der Waals surface area contributed by atoms with E-state index >= 15 is 0 Å². The van der Waals surface area contributed by atoms with Crippen molar-refractivity contribution in [3.05, 3.63) is 89.0 Å². The highest BCUT2D eigenvalue weighted by Crippen LogP contribution is 2.28. The van der Waals surface area contributed by atoms with Gasteiger partial charge in [-0.25, -0.2) is 9.52 Å². The van der Waals surface area contributed by atoms with E-state index in [2.05, 4.69) is 10.6 Å². The number of nitrogens with one attached hydrogen (secondary N) is 3. The average molecular weight is 594 g/mol. The lowest BCUT2D eigenvalue weighted by atomic mass is 10.1. The first kappa shape index (κ1) is 30.2. The Labute approximate surface area is 244 Å². The van der Waals surface area contributed by atoms with Gasteiger partial charge in [0.1, 0.15) is 6.61 Å². The third-order valence-corrected chi connectivity index (χ3v) is 8.01. The van der Waals surface area contributed by atoms with Crippen molar-refractivity contribution in [3.63, 3.8) is 0 Å². The topological polar surface area (TPSA) is 159 Å². The van der Waals surface area contributed by atoms with Crippen molar-refractivity contribution in [2.24, 2.45) is 0 Å². The lowest BCUT2D eigenvalue weighted by Gasteiger charge is -2.19. The van der Waals surface area contributed by atoms with Crippen molar-refractivity contribution >= 4 is 27.9 Å². The second-order valence-electron chi connectivity index (χ2n) is 9.40. The van der Waals surface area contributed by atoms with Crippen LogP contribution in [0.15, 0.2) is 66.7 Å². The fourth-order valence-corrected chi connectivity index (χ4v) is 5.52. The van der Waals surface area contributed by atoms with Crippen LogP contribution in [-0.4, -0.2) is 58.1 Å². The fourth-order valence-electron chi connectivity index (χ4n) is 4.40. The molecule has 0 bridgehead atoms. The molecular formula is C29H31N5O7S. The number of hydrogen-bond acceptors (Lipinski definition) is 9. The summed E-state index contributed by atoms with van der Waals surface area (Å²) in [6.07, 6.45) is -0.650. The van der Waals surface area contributed by atoms with E-state index in [1.54, 1.807) is 54.6 Å². The molecule has 1 heterocycles. The lowest BCUT2D eigenvalue weighted by molar-refractivity contribution is 0.0951.